The molecule has 45 heavy (non-hydrogen) atoms. The van der Waals surface area contributed by atoms with Crippen LogP contribution in [0.5, 0.6) is 0 Å². The molecule has 0 fully saturated rings. The van der Waals surface area contributed by atoms with Crippen molar-refractivity contribution in [2.24, 2.45) is 5.73 Å². The van der Waals surface area contributed by atoms with E-state index in [0.717, 1.165) is 51.4 Å². The monoisotopic (exact) mass is 660 g/mol. The molecule has 0 aliphatic heterocycles. The Morgan fingerprint density at radius 2 is 1.27 bits per heavy atom. The molecule has 0 rings (SSSR count). The number of rotatable bonds is 33. The maximum absolute atomic E-state index is 12.7. The molecule has 9 nitrogen and oxygen atoms in total. The number of hydrogen-bond donors (Lipinski definition) is 5. The lowest BCUT2D eigenvalue weighted by molar-refractivity contribution is -0.124. The molecule has 0 aliphatic rings. The van der Waals surface area contributed by atoms with Crippen LogP contribution in [-0.4, -0.2) is 59.0 Å². The zero-order chi connectivity index (χ0) is 33.4. The number of aliphatic hydroxyl groups excluding tert-OH is 2. The summed E-state index contributed by atoms with van der Waals surface area (Å²) in [5.41, 5.74) is 5.33. The molecule has 1 amide bonds. The first-order chi connectivity index (χ1) is 21.8. The Morgan fingerprint density at radius 1 is 0.756 bits per heavy atom. The molecule has 0 aromatic heterocycles. The van der Waals surface area contributed by atoms with Gasteiger partial charge < -0.3 is 26.2 Å². The molecule has 0 aromatic carbocycles. The first kappa shape index (κ1) is 43.9. The van der Waals surface area contributed by atoms with Gasteiger partial charge in [0.1, 0.15) is 0 Å². The molecule has 0 heterocycles. The quantitative estimate of drug-likeness (QED) is 0.0270. The first-order valence-corrected chi connectivity index (χ1v) is 19.5. The van der Waals surface area contributed by atoms with Crippen molar-refractivity contribution in [3.63, 3.8) is 0 Å². The van der Waals surface area contributed by atoms with E-state index in [0.29, 0.717) is 6.42 Å². The van der Waals surface area contributed by atoms with Crippen LogP contribution in [0.3, 0.4) is 0 Å². The average molecular weight is 661 g/mol. The number of phosphoric acid groups is 1. The van der Waals surface area contributed by atoms with E-state index < -0.39 is 38.6 Å². The van der Waals surface area contributed by atoms with Crippen LogP contribution in [0.1, 0.15) is 155 Å². The summed E-state index contributed by atoms with van der Waals surface area (Å²) in [5, 5.41) is 23.8. The molecule has 266 valence electrons. The maximum atomic E-state index is 12.7. The van der Waals surface area contributed by atoms with E-state index in [-0.39, 0.29) is 19.6 Å². The standard InChI is InChI=1S/C35H69N2O7P/c1-3-5-7-9-11-13-14-15-16-17-19-21-23-25-27-34(39)33(31-44-45(41,42)43-29-28-36)37-35(40)30-32(38)26-24-22-20-18-12-10-8-6-4-2/h10,12,25,27,32-34,38-39H,3-9,11,13-24,26,28-31,36H2,1-2H3,(H,37,40)(H,41,42)/b12-10-,27-25+. The van der Waals surface area contributed by atoms with Crippen molar-refractivity contribution < 1.29 is 33.5 Å². The highest BCUT2D eigenvalue weighted by molar-refractivity contribution is 7.47. The van der Waals surface area contributed by atoms with Crippen molar-refractivity contribution in [2.75, 3.05) is 19.8 Å². The first-order valence-electron chi connectivity index (χ1n) is 18.0. The van der Waals surface area contributed by atoms with Crippen molar-refractivity contribution in [1.82, 2.24) is 5.32 Å². The number of carbonyl (C=O) groups excluding carboxylic acids is 1. The van der Waals surface area contributed by atoms with Gasteiger partial charge in [-0.15, -0.1) is 0 Å². The smallest absolute Gasteiger partial charge is 0.393 e. The molecular formula is C35H69N2O7P. The molecule has 6 N–H and O–H groups in total. The summed E-state index contributed by atoms with van der Waals surface area (Å²) in [6.07, 6.45) is 29.8. The lowest BCUT2D eigenvalue weighted by atomic mass is 10.0. The summed E-state index contributed by atoms with van der Waals surface area (Å²) in [7, 11) is -4.39. The van der Waals surface area contributed by atoms with E-state index in [1.54, 1.807) is 6.08 Å². The second kappa shape index (κ2) is 31.5. The number of nitrogens with two attached hydrogens (primary N) is 1. The van der Waals surface area contributed by atoms with Gasteiger partial charge in [-0.3, -0.25) is 13.8 Å². The maximum Gasteiger partial charge on any atom is 0.472 e. The highest BCUT2D eigenvalue weighted by Gasteiger charge is 2.27. The third-order valence-corrected chi connectivity index (χ3v) is 8.81. The van der Waals surface area contributed by atoms with Crippen molar-refractivity contribution >= 4 is 13.7 Å². The SMILES string of the molecule is CCCC/C=C\CCCCCC(O)CC(=O)NC(COP(=O)(O)OCCN)C(O)/C=C/CCCCCCCCCCCCCC. The fourth-order valence-corrected chi connectivity index (χ4v) is 5.80. The Hall–Kier alpha value is -1.06. The van der Waals surface area contributed by atoms with Crippen molar-refractivity contribution in [2.45, 2.75) is 173 Å². The third kappa shape index (κ3) is 30.0. The minimum Gasteiger partial charge on any atom is -0.393 e. The van der Waals surface area contributed by atoms with E-state index in [1.807, 2.05) is 6.08 Å². The van der Waals surface area contributed by atoms with Crippen LogP contribution >= 0.6 is 7.82 Å². The number of carbonyl (C=O) groups is 1. The van der Waals surface area contributed by atoms with Gasteiger partial charge in [0, 0.05) is 6.54 Å². The van der Waals surface area contributed by atoms with Crippen LogP contribution in [-0.2, 0) is 18.4 Å². The van der Waals surface area contributed by atoms with Crippen LogP contribution in [0, 0.1) is 0 Å². The van der Waals surface area contributed by atoms with Gasteiger partial charge in [0.15, 0.2) is 0 Å². The minimum absolute atomic E-state index is 0.0477. The second-order valence-electron chi connectivity index (χ2n) is 12.3. The van der Waals surface area contributed by atoms with Gasteiger partial charge in [-0.25, -0.2) is 4.57 Å². The number of unbranched alkanes of at least 4 members (excludes halogenated alkanes) is 17. The van der Waals surface area contributed by atoms with Gasteiger partial charge in [-0.05, 0) is 38.5 Å². The normalized spacial score (nSPS) is 15.4. The number of amides is 1. The zero-order valence-electron chi connectivity index (χ0n) is 28.7. The summed E-state index contributed by atoms with van der Waals surface area (Å²) in [6.45, 7) is 3.88. The molecule has 4 atom stereocenters. The molecule has 0 aliphatic carbocycles. The fraction of sp³-hybridized carbons (Fsp3) is 0.857. The summed E-state index contributed by atoms with van der Waals surface area (Å²) in [6, 6.07) is -0.982. The molecule has 0 saturated carbocycles. The second-order valence-corrected chi connectivity index (χ2v) is 13.7. The largest absolute Gasteiger partial charge is 0.472 e. The Morgan fingerprint density at radius 3 is 1.84 bits per heavy atom. The Labute approximate surface area is 275 Å². The van der Waals surface area contributed by atoms with Gasteiger partial charge in [-0.2, -0.15) is 0 Å². The molecule has 0 spiro atoms. The van der Waals surface area contributed by atoms with E-state index in [1.165, 1.54) is 77.0 Å². The van der Waals surface area contributed by atoms with Gasteiger partial charge in [0.2, 0.25) is 5.91 Å². The van der Waals surface area contributed by atoms with Crippen LogP contribution < -0.4 is 11.1 Å². The Bertz CT molecular complexity index is 781. The van der Waals surface area contributed by atoms with Crippen LogP contribution in [0.4, 0.5) is 0 Å². The lowest BCUT2D eigenvalue weighted by Crippen LogP contribution is -2.46. The molecule has 0 aromatic rings. The predicted molar refractivity (Wildman–Crippen MR) is 186 cm³/mol. The number of hydrogen-bond acceptors (Lipinski definition) is 7. The zero-order valence-corrected chi connectivity index (χ0v) is 29.6. The van der Waals surface area contributed by atoms with Crippen molar-refractivity contribution in [3.05, 3.63) is 24.3 Å². The van der Waals surface area contributed by atoms with Crippen LogP contribution in [0.25, 0.3) is 0 Å². The molecule has 10 heteroatoms. The number of phosphoric ester groups is 1. The lowest BCUT2D eigenvalue weighted by Gasteiger charge is -2.24. The highest BCUT2D eigenvalue weighted by atomic mass is 31.2. The van der Waals surface area contributed by atoms with Crippen LogP contribution in [0.2, 0.25) is 0 Å². The van der Waals surface area contributed by atoms with Gasteiger partial charge in [0.25, 0.3) is 0 Å². The van der Waals surface area contributed by atoms with Gasteiger partial charge >= 0.3 is 7.82 Å². The molecule has 0 saturated heterocycles. The predicted octanol–water partition coefficient (Wildman–Crippen LogP) is 8.02. The van der Waals surface area contributed by atoms with Crippen molar-refractivity contribution in [1.29, 1.82) is 0 Å². The van der Waals surface area contributed by atoms with Crippen LogP contribution in [0.15, 0.2) is 24.3 Å². The number of allylic oxidation sites excluding steroid dienone is 3. The number of aliphatic hydroxyl groups is 2. The summed E-state index contributed by atoms with van der Waals surface area (Å²) in [4.78, 5) is 22.6. The summed E-state index contributed by atoms with van der Waals surface area (Å²) in [5.74, 6) is -0.459. The van der Waals surface area contributed by atoms with E-state index >= 15 is 0 Å². The van der Waals surface area contributed by atoms with E-state index in [2.05, 4.69) is 31.3 Å². The summed E-state index contributed by atoms with van der Waals surface area (Å²) < 4.78 is 21.9. The third-order valence-electron chi connectivity index (χ3n) is 7.83. The van der Waals surface area contributed by atoms with E-state index in [9.17, 15) is 24.5 Å². The molecular weight excluding hydrogens is 591 g/mol. The highest BCUT2D eigenvalue weighted by Crippen LogP contribution is 2.43. The van der Waals surface area contributed by atoms with E-state index in [4.69, 9.17) is 14.8 Å². The summed E-state index contributed by atoms with van der Waals surface area (Å²) >= 11 is 0. The van der Waals surface area contributed by atoms with Crippen molar-refractivity contribution in [3.8, 4) is 0 Å². The topological polar surface area (TPSA) is 151 Å². The van der Waals surface area contributed by atoms with Gasteiger partial charge in [0.05, 0.1) is 37.9 Å². The molecule has 4 unspecified atom stereocenters. The molecule has 0 radical (unpaired) electrons. The number of nitrogens with one attached hydrogen (secondary N) is 1. The molecule has 0 bridgehead atoms. The average Bonchev–Trinajstić information content (AvgIpc) is 3.01. The van der Waals surface area contributed by atoms with Gasteiger partial charge in [-0.1, -0.05) is 134 Å². The minimum atomic E-state index is -4.39. The Balaban J connectivity index is 4.50. The Kier molecular flexibility index (Phi) is 30.8. The fourth-order valence-electron chi connectivity index (χ4n) is 5.04.